The van der Waals surface area contributed by atoms with Crippen LogP contribution in [0.25, 0.3) is 0 Å². The predicted molar refractivity (Wildman–Crippen MR) is 94.5 cm³/mol. The van der Waals surface area contributed by atoms with E-state index in [1.807, 2.05) is 25.1 Å². The Morgan fingerprint density at radius 2 is 1.54 bits per heavy atom. The van der Waals surface area contributed by atoms with Gasteiger partial charge >= 0.3 is 0 Å². The number of para-hydroxylation sites is 1. The summed E-state index contributed by atoms with van der Waals surface area (Å²) < 4.78 is 5.49. The lowest BCUT2D eigenvalue weighted by Crippen LogP contribution is -3.27. The van der Waals surface area contributed by atoms with E-state index in [1.54, 1.807) is 4.90 Å². The number of hydrogen-bond acceptors (Lipinski definition) is 2. The highest BCUT2D eigenvalue weighted by Crippen LogP contribution is 2.29. The topological polar surface area (TPSA) is 38.3 Å². The molecule has 4 nitrogen and oxygen atoms in total. The molecule has 0 bridgehead atoms. The zero-order valence-electron chi connectivity index (χ0n) is 14.4. The molecule has 0 radical (unpaired) electrons. The first-order valence-corrected chi connectivity index (χ1v) is 8.91. The molecule has 1 fully saturated rings. The van der Waals surface area contributed by atoms with Crippen LogP contribution >= 0.6 is 0 Å². The number of phenols is 1. The first-order chi connectivity index (χ1) is 11.8. The van der Waals surface area contributed by atoms with Crippen LogP contribution < -0.4 is 14.5 Å². The predicted octanol–water partition coefficient (Wildman–Crippen LogP) is 0.275. The van der Waals surface area contributed by atoms with Gasteiger partial charge in [-0.2, -0.15) is 0 Å². The van der Waals surface area contributed by atoms with E-state index in [4.69, 9.17) is 4.74 Å². The summed E-state index contributed by atoms with van der Waals surface area (Å²) in [7, 11) is 0. The molecule has 1 saturated heterocycles. The van der Waals surface area contributed by atoms with Crippen molar-refractivity contribution in [1.29, 1.82) is 0 Å². The van der Waals surface area contributed by atoms with Crippen LogP contribution in [0.3, 0.4) is 0 Å². The minimum absolute atomic E-state index is 0.311. The molecule has 0 unspecified atom stereocenters. The van der Waals surface area contributed by atoms with Gasteiger partial charge in [0.15, 0.2) is 11.5 Å². The molecule has 1 heterocycles. The van der Waals surface area contributed by atoms with E-state index in [0.717, 1.165) is 31.7 Å². The number of quaternary nitrogens is 2. The van der Waals surface area contributed by atoms with Gasteiger partial charge in [0.25, 0.3) is 0 Å². The van der Waals surface area contributed by atoms with Crippen LogP contribution in [0.2, 0.25) is 0 Å². The van der Waals surface area contributed by atoms with Crippen LogP contribution in [0.1, 0.15) is 18.1 Å². The van der Waals surface area contributed by atoms with Gasteiger partial charge in [0.1, 0.15) is 39.3 Å². The molecule has 3 rings (SSSR count). The first-order valence-electron chi connectivity index (χ1n) is 8.91. The molecule has 0 spiro atoms. The van der Waals surface area contributed by atoms with Gasteiger partial charge in [-0.3, -0.25) is 0 Å². The molecule has 3 N–H and O–H groups in total. The molecule has 0 aliphatic carbocycles. The Morgan fingerprint density at radius 1 is 0.875 bits per heavy atom. The van der Waals surface area contributed by atoms with E-state index in [9.17, 15) is 5.11 Å². The number of nitrogens with one attached hydrogen (secondary N) is 2. The van der Waals surface area contributed by atoms with Gasteiger partial charge in [-0.05, 0) is 19.1 Å². The van der Waals surface area contributed by atoms with Crippen molar-refractivity contribution in [3.8, 4) is 11.5 Å². The molecule has 128 valence electrons. The Labute approximate surface area is 144 Å². The van der Waals surface area contributed by atoms with Crippen LogP contribution in [0, 0.1) is 0 Å². The molecular weight excluding hydrogens is 300 g/mol. The molecule has 2 aromatic rings. The molecule has 0 amide bonds. The van der Waals surface area contributed by atoms with Gasteiger partial charge in [-0.1, -0.05) is 36.4 Å². The highest BCUT2D eigenvalue weighted by Gasteiger charge is 2.24. The van der Waals surface area contributed by atoms with Crippen LogP contribution in [0.5, 0.6) is 11.5 Å². The molecule has 0 atom stereocenters. The molecule has 1 aliphatic rings. The average Bonchev–Trinajstić information content (AvgIpc) is 2.61. The third-order valence-corrected chi connectivity index (χ3v) is 4.78. The molecule has 2 aromatic carbocycles. The Balaban J connectivity index is 1.53. The highest BCUT2D eigenvalue weighted by molar-refractivity contribution is 5.44. The summed E-state index contributed by atoms with van der Waals surface area (Å²) in [6.45, 7) is 9.12. The normalized spacial score (nSPS) is 20.7. The average molecular weight is 328 g/mol. The van der Waals surface area contributed by atoms with Crippen molar-refractivity contribution >= 4 is 0 Å². The lowest BCUT2D eigenvalue weighted by atomic mass is 10.1. The zero-order chi connectivity index (χ0) is 16.8. The molecule has 24 heavy (non-hydrogen) atoms. The fourth-order valence-corrected chi connectivity index (χ4v) is 3.45. The third kappa shape index (κ3) is 4.28. The summed E-state index contributed by atoms with van der Waals surface area (Å²) in [5.41, 5.74) is 2.40. The highest BCUT2D eigenvalue weighted by atomic mass is 16.5. The van der Waals surface area contributed by atoms with Crippen molar-refractivity contribution in [2.45, 2.75) is 20.0 Å². The van der Waals surface area contributed by atoms with Crippen molar-refractivity contribution in [1.82, 2.24) is 0 Å². The smallest absolute Gasteiger partial charge is 0.166 e. The van der Waals surface area contributed by atoms with Gasteiger partial charge in [0, 0.05) is 5.56 Å². The standard InChI is InChI=1S/C20H26N2O2/c1-2-24-19-10-6-9-18(20(19)23)16-22-13-11-21(12-14-22)15-17-7-4-3-5-8-17/h3-10,23H,2,11-16H2,1H3/p+2. The lowest BCUT2D eigenvalue weighted by Gasteiger charge is -2.30. The number of piperazine rings is 1. The van der Waals surface area contributed by atoms with Gasteiger partial charge in [0.2, 0.25) is 0 Å². The van der Waals surface area contributed by atoms with E-state index < -0.39 is 0 Å². The van der Waals surface area contributed by atoms with Crippen molar-refractivity contribution < 1.29 is 19.6 Å². The second kappa shape index (κ2) is 8.18. The summed E-state index contributed by atoms with van der Waals surface area (Å²) in [5, 5.41) is 10.4. The van der Waals surface area contributed by atoms with Crippen molar-refractivity contribution in [2.75, 3.05) is 32.8 Å². The quantitative estimate of drug-likeness (QED) is 0.712. The van der Waals surface area contributed by atoms with Gasteiger partial charge in [-0.15, -0.1) is 0 Å². The van der Waals surface area contributed by atoms with E-state index in [1.165, 1.54) is 23.6 Å². The number of phenolic OH excluding ortho intramolecular Hbond substituents is 1. The molecule has 0 saturated carbocycles. The second-order valence-electron chi connectivity index (χ2n) is 6.54. The maximum Gasteiger partial charge on any atom is 0.166 e. The summed E-state index contributed by atoms with van der Waals surface area (Å²) in [6.07, 6.45) is 0. The van der Waals surface area contributed by atoms with Crippen LogP contribution in [0.4, 0.5) is 0 Å². The number of hydrogen-bond donors (Lipinski definition) is 3. The maximum absolute atomic E-state index is 10.4. The number of aromatic hydroxyl groups is 1. The molecular formula is C20H28N2O2+2. The van der Waals surface area contributed by atoms with Gasteiger partial charge in [-0.25, -0.2) is 0 Å². The fraction of sp³-hybridized carbons (Fsp3) is 0.400. The first kappa shape index (κ1) is 16.8. The van der Waals surface area contributed by atoms with E-state index in [-0.39, 0.29) is 0 Å². The monoisotopic (exact) mass is 328 g/mol. The van der Waals surface area contributed by atoms with Crippen molar-refractivity contribution in [3.63, 3.8) is 0 Å². The van der Waals surface area contributed by atoms with Gasteiger partial charge < -0.3 is 19.6 Å². The summed E-state index contributed by atoms with van der Waals surface area (Å²) in [5.74, 6) is 0.911. The van der Waals surface area contributed by atoms with E-state index in [0.29, 0.717) is 18.1 Å². The number of ether oxygens (including phenoxy) is 1. The minimum Gasteiger partial charge on any atom is -0.504 e. The minimum atomic E-state index is 0.311. The van der Waals surface area contributed by atoms with E-state index in [2.05, 4.69) is 30.3 Å². The molecule has 4 heteroatoms. The Bertz CT molecular complexity index is 637. The Hall–Kier alpha value is -2.04. The largest absolute Gasteiger partial charge is 0.504 e. The SMILES string of the molecule is CCOc1cccc(C[NH+]2CC[NH+](Cc3ccccc3)CC2)c1O. The number of benzene rings is 2. The van der Waals surface area contributed by atoms with Crippen LogP contribution in [-0.2, 0) is 13.1 Å². The fourth-order valence-electron chi connectivity index (χ4n) is 3.45. The van der Waals surface area contributed by atoms with Crippen molar-refractivity contribution in [2.24, 2.45) is 0 Å². The summed E-state index contributed by atoms with van der Waals surface area (Å²) in [4.78, 5) is 3.19. The second-order valence-corrected chi connectivity index (χ2v) is 6.54. The molecule has 1 aliphatic heterocycles. The summed E-state index contributed by atoms with van der Waals surface area (Å²) >= 11 is 0. The van der Waals surface area contributed by atoms with Crippen molar-refractivity contribution in [3.05, 3.63) is 59.7 Å². The third-order valence-electron chi connectivity index (χ3n) is 4.78. The van der Waals surface area contributed by atoms with E-state index >= 15 is 0 Å². The Morgan fingerprint density at radius 3 is 2.21 bits per heavy atom. The Kier molecular flexibility index (Phi) is 5.72. The van der Waals surface area contributed by atoms with Crippen LogP contribution in [0.15, 0.2) is 48.5 Å². The van der Waals surface area contributed by atoms with Gasteiger partial charge in [0.05, 0.1) is 12.2 Å². The van der Waals surface area contributed by atoms with Crippen LogP contribution in [-0.4, -0.2) is 37.9 Å². The summed E-state index contributed by atoms with van der Waals surface area (Å²) in [6, 6.07) is 16.5. The lowest BCUT2D eigenvalue weighted by molar-refractivity contribution is -1.02. The maximum atomic E-state index is 10.4. The zero-order valence-corrected chi connectivity index (χ0v) is 14.4. The molecule has 0 aromatic heterocycles. The number of rotatable bonds is 6.